The van der Waals surface area contributed by atoms with Gasteiger partial charge in [-0.3, -0.25) is 10.2 Å². The zero-order chi connectivity index (χ0) is 6.73. The summed E-state index contributed by atoms with van der Waals surface area (Å²) in [5, 5.41) is 6.16. The molecule has 0 rings (SSSR count). The van der Waals surface area contributed by atoms with Crippen LogP contribution in [-0.2, 0) is 4.79 Å². The predicted molar refractivity (Wildman–Crippen MR) is 32.3 cm³/mol. The molecule has 0 aliphatic rings. The largest absolute Gasteiger partial charge is 0.343 e. The van der Waals surface area contributed by atoms with Crippen molar-refractivity contribution >= 4 is 22.7 Å². The fourth-order valence-corrected chi connectivity index (χ4v) is 0.365. The molecule has 0 spiro atoms. The predicted octanol–water partition coefficient (Wildman–Crippen LogP) is 0.291. The van der Waals surface area contributed by atoms with Gasteiger partial charge in [-0.2, -0.15) is 0 Å². The maximum atomic E-state index is 10.4. The Labute approximate surface area is 52.7 Å². The Morgan fingerprint density at radius 1 is 1.62 bits per heavy atom. The van der Waals surface area contributed by atoms with E-state index in [0.29, 0.717) is 0 Å². The van der Waals surface area contributed by atoms with Gasteiger partial charge in [0.2, 0.25) is 0 Å². The summed E-state index contributed by atoms with van der Waals surface area (Å²) < 4.78 is 0. The monoisotopic (exact) mass is 134 g/mol. The van der Waals surface area contributed by atoms with Gasteiger partial charge in [0, 0.05) is 14.1 Å². The molecule has 0 unspecified atom stereocenters. The average Bonchev–Trinajstić information content (AvgIpc) is 1.64. The molecule has 4 heteroatoms. The highest BCUT2D eigenvalue weighted by Gasteiger charge is 2.06. The second-order valence-corrected chi connectivity index (χ2v) is 1.89. The van der Waals surface area contributed by atoms with Crippen molar-refractivity contribution in [3.8, 4) is 0 Å². The summed E-state index contributed by atoms with van der Waals surface area (Å²) >= 11 is 5.02. The number of amides is 1. The topological polar surface area (TPSA) is 44.2 Å². The summed E-state index contributed by atoms with van der Waals surface area (Å²) in [7, 11) is 3.08. The second kappa shape index (κ2) is 2.67. The first-order chi connectivity index (χ1) is 3.55. The van der Waals surface area contributed by atoms with Crippen molar-refractivity contribution in [3.63, 3.8) is 0 Å². The molecule has 3 nitrogen and oxygen atoms in total. The first-order valence-corrected chi connectivity index (χ1v) is 2.39. The molecular weight excluding hydrogens is 128 g/mol. The van der Waals surface area contributed by atoms with Crippen molar-refractivity contribution in [2.75, 3.05) is 14.1 Å². The van der Waals surface area contributed by atoms with E-state index in [1.54, 1.807) is 14.1 Å². The minimum absolute atomic E-state index is 0.449. The molecule has 46 valence electrons. The summed E-state index contributed by atoms with van der Waals surface area (Å²) in [6.07, 6.45) is 0. The van der Waals surface area contributed by atoms with E-state index in [0.717, 1.165) is 0 Å². The molecule has 1 amide bonds. The molecule has 0 saturated carbocycles. The molecule has 0 aromatic rings. The Bertz CT molecular complexity index is 121. The molecule has 0 aromatic carbocycles. The fourth-order valence-electron chi connectivity index (χ4n) is 0.196. The van der Waals surface area contributed by atoms with Gasteiger partial charge in [0.05, 0.1) is 0 Å². The first kappa shape index (κ1) is 7.43. The number of nitrogens with zero attached hydrogens (tertiary/aromatic N) is 1. The van der Waals surface area contributed by atoms with Gasteiger partial charge < -0.3 is 4.90 Å². The van der Waals surface area contributed by atoms with Gasteiger partial charge in [0.25, 0.3) is 5.91 Å². The number of hydrogen-bond acceptors (Lipinski definition) is 2. The van der Waals surface area contributed by atoms with E-state index in [1.165, 1.54) is 4.90 Å². The van der Waals surface area contributed by atoms with E-state index in [-0.39, 0.29) is 0 Å². The summed E-state index contributed by atoms with van der Waals surface area (Å²) in [5.41, 5.74) is 0. The molecule has 1 N–H and O–H groups in total. The van der Waals surface area contributed by atoms with Crippen LogP contribution in [0.4, 0.5) is 0 Å². The van der Waals surface area contributed by atoms with Gasteiger partial charge in [-0.15, -0.1) is 0 Å². The van der Waals surface area contributed by atoms with Gasteiger partial charge in [0.1, 0.15) is 0 Å². The van der Waals surface area contributed by atoms with E-state index < -0.39 is 11.1 Å². The lowest BCUT2D eigenvalue weighted by molar-refractivity contribution is -0.121. The van der Waals surface area contributed by atoms with Crippen LogP contribution >= 0.6 is 11.6 Å². The van der Waals surface area contributed by atoms with Gasteiger partial charge in [-0.05, 0) is 0 Å². The molecular formula is C4H7ClN2O. The van der Waals surface area contributed by atoms with E-state index in [1.807, 2.05) is 0 Å². The van der Waals surface area contributed by atoms with E-state index >= 15 is 0 Å². The number of hydrogen-bond donors (Lipinski definition) is 1. The lowest BCUT2D eigenvalue weighted by Gasteiger charge is -2.05. The number of nitrogens with one attached hydrogen (secondary N) is 1. The fraction of sp³-hybridized carbons (Fsp3) is 0.500. The molecule has 0 radical (unpaired) electrons. The van der Waals surface area contributed by atoms with Crippen molar-refractivity contribution in [2.45, 2.75) is 0 Å². The highest BCUT2D eigenvalue weighted by Crippen LogP contribution is 1.85. The molecule has 0 aliphatic heterocycles. The van der Waals surface area contributed by atoms with Crippen LogP contribution < -0.4 is 0 Å². The second-order valence-electron chi connectivity index (χ2n) is 1.51. The molecule has 0 atom stereocenters. The van der Waals surface area contributed by atoms with Crippen molar-refractivity contribution < 1.29 is 4.79 Å². The third-order valence-corrected chi connectivity index (χ3v) is 0.756. The lowest BCUT2D eigenvalue weighted by Crippen LogP contribution is -2.26. The zero-order valence-corrected chi connectivity index (χ0v) is 5.49. The van der Waals surface area contributed by atoms with Crippen LogP contribution in [0.25, 0.3) is 0 Å². The smallest absolute Gasteiger partial charge is 0.283 e. The van der Waals surface area contributed by atoms with Crippen LogP contribution in [0.3, 0.4) is 0 Å². The molecule has 0 saturated heterocycles. The van der Waals surface area contributed by atoms with Crippen molar-refractivity contribution in [2.24, 2.45) is 0 Å². The van der Waals surface area contributed by atoms with Crippen LogP contribution in [0, 0.1) is 5.41 Å². The van der Waals surface area contributed by atoms with Crippen molar-refractivity contribution in [3.05, 3.63) is 0 Å². The highest BCUT2D eigenvalue weighted by molar-refractivity contribution is 6.81. The molecule has 0 aliphatic carbocycles. The quantitative estimate of drug-likeness (QED) is 0.515. The van der Waals surface area contributed by atoms with Crippen LogP contribution in [0.1, 0.15) is 0 Å². The van der Waals surface area contributed by atoms with E-state index in [2.05, 4.69) is 0 Å². The average molecular weight is 135 g/mol. The summed E-state index contributed by atoms with van der Waals surface area (Å²) in [4.78, 5) is 11.7. The Morgan fingerprint density at radius 2 is 2.00 bits per heavy atom. The van der Waals surface area contributed by atoms with Crippen molar-refractivity contribution in [1.29, 1.82) is 5.41 Å². The van der Waals surface area contributed by atoms with Gasteiger partial charge in [-0.1, -0.05) is 11.6 Å². The van der Waals surface area contributed by atoms with Crippen LogP contribution in [-0.4, -0.2) is 30.1 Å². The Hall–Kier alpha value is -0.570. The number of carbonyl (C=O) groups is 1. The molecule has 0 fully saturated rings. The standard InChI is InChI=1S/C4H7ClN2O/c1-7(2)4(8)3(5)6/h6H,1-2H3. The van der Waals surface area contributed by atoms with Crippen molar-refractivity contribution in [1.82, 2.24) is 4.90 Å². The summed E-state index contributed by atoms with van der Waals surface area (Å²) in [6, 6.07) is 0. The molecule has 0 heterocycles. The highest BCUT2D eigenvalue weighted by atomic mass is 35.5. The van der Waals surface area contributed by atoms with E-state index in [4.69, 9.17) is 17.0 Å². The third-order valence-electron chi connectivity index (χ3n) is 0.594. The summed E-state index contributed by atoms with van der Waals surface area (Å²) in [6.45, 7) is 0. The maximum Gasteiger partial charge on any atom is 0.283 e. The van der Waals surface area contributed by atoms with Crippen LogP contribution in [0.5, 0.6) is 0 Å². The number of carbonyl (C=O) groups excluding carboxylic acids is 1. The normalized spacial score (nSPS) is 8.38. The maximum absolute atomic E-state index is 10.4. The molecule has 0 bridgehead atoms. The minimum atomic E-state index is -0.466. The van der Waals surface area contributed by atoms with Gasteiger partial charge in [-0.25, -0.2) is 0 Å². The van der Waals surface area contributed by atoms with Gasteiger partial charge in [0.15, 0.2) is 5.17 Å². The Morgan fingerprint density at radius 3 is 2.00 bits per heavy atom. The zero-order valence-electron chi connectivity index (χ0n) is 4.73. The number of halogens is 1. The number of rotatable bonds is 1. The molecule has 8 heavy (non-hydrogen) atoms. The summed E-state index contributed by atoms with van der Waals surface area (Å²) in [5.74, 6) is -0.466. The Kier molecular flexibility index (Phi) is 2.48. The minimum Gasteiger partial charge on any atom is -0.343 e. The first-order valence-electron chi connectivity index (χ1n) is 2.01. The van der Waals surface area contributed by atoms with Crippen LogP contribution in [0.2, 0.25) is 0 Å². The lowest BCUT2D eigenvalue weighted by atomic mass is 10.6. The Balaban J connectivity index is 3.84. The third kappa shape index (κ3) is 1.93. The van der Waals surface area contributed by atoms with Gasteiger partial charge >= 0.3 is 0 Å². The molecule has 0 aromatic heterocycles. The van der Waals surface area contributed by atoms with Crippen LogP contribution in [0.15, 0.2) is 0 Å². The SMILES string of the molecule is CN(C)C(=O)C(=N)Cl. The van der Waals surface area contributed by atoms with E-state index in [9.17, 15) is 4.79 Å².